The molecule has 0 spiro atoms. The number of amides is 1. The Balaban J connectivity index is 1.24. The van der Waals surface area contributed by atoms with Crippen LogP contribution in [0.5, 0.6) is 0 Å². The van der Waals surface area contributed by atoms with Crippen LogP contribution in [0.3, 0.4) is 0 Å². The normalized spacial score (nSPS) is 20.8. The monoisotopic (exact) mass is 339 g/mol. The minimum Gasteiger partial charge on any atom is -0.354 e. The van der Waals surface area contributed by atoms with Gasteiger partial charge in [-0.3, -0.25) is 4.79 Å². The van der Waals surface area contributed by atoms with Crippen LogP contribution in [0, 0.1) is 6.92 Å². The average Bonchev–Trinajstić information content (AvgIpc) is 3.33. The van der Waals surface area contributed by atoms with Crippen molar-refractivity contribution in [3.05, 3.63) is 47.5 Å². The lowest BCUT2D eigenvalue weighted by atomic mass is 9.96. The Morgan fingerprint density at radius 1 is 1.32 bits per heavy atom. The maximum atomic E-state index is 12.2. The molecule has 1 aromatic carbocycles. The van der Waals surface area contributed by atoms with Gasteiger partial charge in [0.2, 0.25) is 5.91 Å². The number of carbonyl (C=O) groups is 1. The number of nitrogens with one attached hydrogen (secondary N) is 2. The van der Waals surface area contributed by atoms with Gasteiger partial charge < -0.3 is 10.6 Å². The van der Waals surface area contributed by atoms with Crippen molar-refractivity contribution in [2.24, 2.45) is 0 Å². The van der Waals surface area contributed by atoms with Gasteiger partial charge in [-0.15, -0.1) is 0 Å². The van der Waals surface area contributed by atoms with E-state index >= 15 is 0 Å². The Morgan fingerprint density at radius 3 is 2.88 bits per heavy atom. The van der Waals surface area contributed by atoms with Gasteiger partial charge in [-0.05, 0) is 31.7 Å². The summed E-state index contributed by atoms with van der Waals surface area (Å²) in [4.78, 5) is 16.7. The van der Waals surface area contributed by atoms with Crippen molar-refractivity contribution < 1.29 is 4.79 Å². The molecule has 0 saturated heterocycles. The molecule has 1 fully saturated rings. The summed E-state index contributed by atoms with van der Waals surface area (Å²) in [6.07, 6.45) is 4.22. The van der Waals surface area contributed by atoms with Crippen LogP contribution in [0.15, 0.2) is 30.3 Å². The SMILES string of the molecule is Cc1nc2n(n1)C[C@H](NCC(=O)NCC1(c3ccccc3)CC1)CC2. The fraction of sp³-hybridized carbons (Fsp3) is 0.526. The van der Waals surface area contributed by atoms with Gasteiger partial charge >= 0.3 is 0 Å². The minimum atomic E-state index is 0.0720. The Morgan fingerprint density at radius 2 is 2.12 bits per heavy atom. The highest BCUT2D eigenvalue weighted by Gasteiger charge is 2.44. The molecule has 2 heterocycles. The number of carbonyl (C=O) groups excluding carboxylic acids is 1. The zero-order chi connectivity index (χ0) is 17.3. The predicted molar refractivity (Wildman–Crippen MR) is 95.2 cm³/mol. The number of aromatic nitrogens is 3. The molecule has 2 N–H and O–H groups in total. The Hall–Kier alpha value is -2.21. The lowest BCUT2D eigenvalue weighted by Gasteiger charge is -2.23. The molecular weight excluding hydrogens is 314 g/mol. The lowest BCUT2D eigenvalue weighted by molar-refractivity contribution is -0.120. The maximum Gasteiger partial charge on any atom is 0.233 e. The molecule has 0 bridgehead atoms. The number of aryl methyl sites for hydroxylation is 2. The first-order valence-corrected chi connectivity index (χ1v) is 9.11. The number of hydrogen-bond donors (Lipinski definition) is 2. The van der Waals surface area contributed by atoms with Gasteiger partial charge in [-0.25, -0.2) is 9.67 Å². The molecule has 4 rings (SSSR count). The van der Waals surface area contributed by atoms with Crippen LogP contribution in [0.4, 0.5) is 0 Å². The van der Waals surface area contributed by atoms with Gasteiger partial charge in [-0.1, -0.05) is 30.3 Å². The highest BCUT2D eigenvalue weighted by Crippen LogP contribution is 2.47. The van der Waals surface area contributed by atoms with Crippen molar-refractivity contribution >= 4 is 5.91 Å². The lowest BCUT2D eigenvalue weighted by Crippen LogP contribution is -2.44. The van der Waals surface area contributed by atoms with Gasteiger partial charge in [0.15, 0.2) is 0 Å². The Labute approximate surface area is 148 Å². The molecule has 2 aliphatic rings. The third kappa shape index (κ3) is 3.58. The number of hydrogen-bond acceptors (Lipinski definition) is 4. The third-order valence-electron chi connectivity index (χ3n) is 5.38. The fourth-order valence-electron chi connectivity index (χ4n) is 3.68. The quantitative estimate of drug-likeness (QED) is 0.833. The molecular formula is C19H25N5O. The summed E-state index contributed by atoms with van der Waals surface area (Å²) in [5, 5.41) is 10.9. The molecule has 1 saturated carbocycles. The molecule has 0 unspecified atom stereocenters. The van der Waals surface area contributed by atoms with Gasteiger partial charge in [0.05, 0.1) is 13.1 Å². The summed E-state index contributed by atoms with van der Waals surface area (Å²) in [5.41, 5.74) is 1.50. The van der Waals surface area contributed by atoms with Crippen LogP contribution < -0.4 is 10.6 Å². The minimum absolute atomic E-state index is 0.0720. The van der Waals surface area contributed by atoms with E-state index in [0.29, 0.717) is 6.54 Å². The van der Waals surface area contributed by atoms with E-state index in [1.807, 2.05) is 17.7 Å². The summed E-state index contributed by atoms with van der Waals surface area (Å²) in [5.74, 6) is 1.95. The zero-order valence-electron chi connectivity index (χ0n) is 14.7. The average molecular weight is 339 g/mol. The van der Waals surface area contributed by atoms with Crippen molar-refractivity contribution in [3.8, 4) is 0 Å². The van der Waals surface area contributed by atoms with Gasteiger partial charge in [-0.2, -0.15) is 5.10 Å². The molecule has 132 valence electrons. The largest absolute Gasteiger partial charge is 0.354 e. The second kappa shape index (κ2) is 6.59. The van der Waals surface area contributed by atoms with E-state index in [1.165, 1.54) is 5.56 Å². The van der Waals surface area contributed by atoms with Gasteiger partial charge in [0.25, 0.3) is 0 Å². The number of rotatable bonds is 6. The molecule has 1 aliphatic carbocycles. The summed E-state index contributed by atoms with van der Waals surface area (Å²) < 4.78 is 1.96. The molecule has 25 heavy (non-hydrogen) atoms. The van der Waals surface area contributed by atoms with E-state index in [1.54, 1.807) is 0 Å². The summed E-state index contributed by atoms with van der Waals surface area (Å²) >= 11 is 0. The van der Waals surface area contributed by atoms with Crippen molar-refractivity contribution in [2.75, 3.05) is 13.1 Å². The number of benzene rings is 1. The molecule has 1 aromatic heterocycles. The second-order valence-corrected chi connectivity index (χ2v) is 7.30. The van der Waals surface area contributed by atoms with Gasteiger partial charge in [0, 0.05) is 24.4 Å². The van der Waals surface area contributed by atoms with Crippen LogP contribution in [-0.2, 0) is 23.2 Å². The van der Waals surface area contributed by atoms with E-state index < -0.39 is 0 Å². The van der Waals surface area contributed by atoms with Crippen molar-refractivity contribution in [1.29, 1.82) is 0 Å². The highest BCUT2D eigenvalue weighted by atomic mass is 16.1. The first kappa shape index (κ1) is 16.3. The molecule has 1 atom stereocenters. The van der Waals surface area contributed by atoms with Crippen LogP contribution in [-0.4, -0.2) is 39.8 Å². The standard InChI is InChI=1S/C19H25N5O/c1-14-22-17-8-7-16(12-24(17)23-14)20-11-18(25)21-13-19(9-10-19)15-5-3-2-4-6-15/h2-6,16,20H,7-13H2,1H3,(H,21,25)/t16-/m1/s1. The molecule has 0 radical (unpaired) electrons. The Kier molecular flexibility index (Phi) is 4.29. The van der Waals surface area contributed by atoms with Crippen molar-refractivity contribution in [2.45, 2.75) is 50.6 Å². The second-order valence-electron chi connectivity index (χ2n) is 7.30. The zero-order valence-corrected chi connectivity index (χ0v) is 14.7. The highest BCUT2D eigenvalue weighted by molar-refractivity contribution is 5.78. The first-order valence-electron chi connectivity index (χ1n) is 9.11. The molecule has 6 nitrogen and oxygen atoms in total. The van der Waals surface area contributed by atoms with Crippen molar-refractivity contribution in [3.63, 3.8) is 0 Å². The van der Waals surface area contributed by atoms with Crippen molar-refractivity contribution in [1.82, 2.24) is 25.4 Å². The molecule has 1 amide bonds. The van der Waals surface area contributed by atoms with E-state index in [2.05, 4.69) is 45.0 Å². The fourth-order valence-corrected chi connectivity index (χ4v) is 3.68. The van der Waals surface area contributed by atoms with E-state index in [0.717, 1.165) is 50.4 Å². The summed E-state index contributed by atoms with van der Waals surface area (Å²) in [7, 11) is 0. The Bertz CT molecular complexity index is 750. The van der Waals surface area contributed by atoms with E-state index in [-0.39, 0.29) is 17.4 Å². The molecule has 2 aromatic rings. The van der Waals surface area contributed by atoms with E-state index in [9.17, 15) is 4.79 Å². The smallest absolute Gasteiger partial charge is 0.233 e. The maximum absolute atomic E-state index is 12.2. The van der Waals surface area contributed by atoms with Crippen LogP contribution in [0.2, 0.25) is 0 Å². The van der Waals surface area contributed by atoms with Crippen LogP contribution in [0.25, 0.3) is 0 Å². The molecule has 6 heteroatoms. The topological polar surface area (TPSA) is 71.8 Å². The molecule has 1 aliphatic heterocycles. The summed E-state index contributed by atoms with van der Waals surface area (Å²) in [6, 6.07) is 10.8. The predicted octanol–water partition coefficient (Wildman–Crippen LogP) is 1.34. The first-order chi connectivity index (χ1) is 12.1. The third-order valence-corrected chi connectivity index (χ3v) is 5.38. The van der Waals surface area contributed by atoms with E-state index in [4.69, 9.17) is 0 Å². The van der Waals surface area contributed by atoms with Crippen LogP contribution >= 0.6 is 0 Å². The van der Waals surface area contributed by atoms with Crippen LogP contribution in [0.1, 0.15) is 36.5 Å². The number of nitrogens with zero attached hydrogens (tertiary/aromatic N) is 3. The number of fused-ring (bicyclic) bond motifs is 1. The van der Waals surface area contributed by atoms with Gasteiger partial charge in [0.1, 0.15) is 11.6 Å². The summed E-state index contributed by atoms with van der Waals surface area (Å²) in [6.45, 7) is 3.80.